The molecule has 0 spiro atoms. The maximum Gasteiger partial charge on any atom is 0.115 e. The van der Waals surface area contributed by atoms with Crippen molar-refractivity contribution in [2.75, 3.05) is 0 Å². The fraction of sp³-hybridized carbons (Fsp3) is 0.412. The Bertz CT molecular complexity index is 502. The van der Waals surface area contributed by atoms with Gasteiger partial charge in [0.1, 0.15) is 6.10 Å². The molecule has 3 atom stereocenters. The molecule has 0 aliphatic carbocycles. The largest absolute Gasteiger partial charge is 0.390 e. The first kappa shape index (κ1) is 16.3. The minimum absolute atomic E-state index is 0.158. The third kappa shape index (κ3) is 6.41. The second kappa shape index (κ2) is 9.18. The van der Waals surface area contributed by atoms with Crippen molar-refractivity contribution in [1.82, 2.24) is 0 Å². The van der Waals surface area contributed by atoms with E-state index in [0.29, 0.717) is 12.8 Å². The van der Waals surface area contributed by atoms with Gasteiger partial charge in [-0.05, 0) is 23.8 Å². The third-order valence-electron chi connectivity index (χ3n) is 2.82. The highest BCUT2D eigenvalue weighted by atomic mass is 16.3. The van der Waals surface area contributed by atoms with Gasteiger partial charge in [-0.1, -0.05) is 49.1 Å². The van der Waals surface area contributed by atoms with Crippen LogP contribution in [-0.2, 0) is 6.42 Å². The monoisotopic (exact) mass is 272 g/mol. The average Bonchev–Trinajstić information content (AvgIpc) is 2.47. The average molecular weight is 272 g/mol. The summed E-state index contributed by atoms with van der Waals surface area (Å²) in [6.07, 6.45) is -1.29. The molecule has 1 aromatic carbocycles. The minimum Gasteiger partial charge on any atom is -0.390 e. The maximum absolute atomic E-state index is 9.86. The first-order valence-electron chi connectivity index (χ1n) is 6.70. The predicted molar refractivity (Wildman–Crippen MR) is 78.6 cm³/mol. The van der Waals surface area contributed by atoms with Crippen LogP contribution >= 0.6 is 0 Å². The minimum atomic E-state index is -0.902. The van der Waals surface area contributed by atoms with Gasteiger partial charge in [0, 0.05) is 12.8 Å². The lowest BCUT2D eigenvalue weighted by Gasteiger charge is -2.15. The van der Waals surface area contributed by atoms with E-state index in [-0.39, 0.29) is 6.42 Å². The van der Waals surface area contributed by atoms with E-state index in [0.717, 1.165) is 5.56 Å². The van der Waals surface area contributed by atoms with E-state index in [2.05, 4.69) is 23.7 Å². The first-order chi connectivity index (χ1) is 9.63. The molecular weight excluding hydrogens is 252 g/mol. The molecule has 0 fully saturated rings. The number of hydrogen-bond donors (Lipinski definition) is 3. The van der Waals surface area contributed by atoms with E-state index in [1.165, 1.54) is 0 Å². The van der Waals surface area contributed by atoms with Crippen LogP contribution in [0.4, 0.5) is 0 Å². The normalized spacial score (nSPS) is 14.2. The molecule has 0 radical (unpaired) electrons. The number of aliphatic hydroxyl groups excluding tert-OH is 3. The molecule has 0 aliphatic rings. The molecule has 0 heterocycles. The molecule has 3 heteroatoms. The smallest absolute Gasteiger partial charge is 0.115 e. The summed E-state index contributed by atoms with van der Waals surface area (Å²) < 4.78 is 0. The Morgan fingerprint density at radius 1 is 1.00 bits per heavy atom. The molecule has 3 N–H and O–H groups in total. The Hall–Kier alpha value is -1.78. The molecule has 106 valence electrons. The zero-order valence-electron chi connectivity index (χ0n) is 11.6. The molecule has 0 aliphatic heterocycles. The van der Waals surface area contributed by atoms with Crippen LogP contribution in [0.3, 0.4) is 0 Å². The summed E-state index contributed by atoms with van der Waals surface area (Å²) in [5.74, 6) is 10.3. The fourth-order valence-electron chi connectivity index (χ4n) is 1.55. The topological polar surface area (TPSA) is 60.7 Å². The van der Waals surface area contributed by atoms with E-state index >= 15 is 0 Å². The van der Waals surface area contributed by atoms with E-state index in [9.17, 15) is 15.3 Å². The molecule has 1 rings (SSSR count). The van der Waals surface area contributed by atoms with Crippen LogP contribution in [0.15, 0.2) is 30.3 Å². The summed E-state index contributed by atoms with van der Waals surface area (Å²) >= 11 is 0. The van der Waals surface area contributed by atoms with Gasteiger partial charge in [0.2, 0.25) is 0 Å². The Kier molecular flexibility index (Phi) is 7.47. The van der Waals surface area contributed by atoms with Gasteiger partial charge in [-0.25, -0.2) is 0 Å². The van der Waals surface area contributed by atoms with Gasteiger partial charge >= 0.3 is 0 Å². The standard InChI is InChI=1S/C17H20O3/c1-2-15(18)11-7-4-8-12-16(19)17(20)13-14-9-5-3-6-10-14/h3,5-6,9-10,15-20H,2,12-13H2,1H3. The molecule has 20 heavy (non-hydrogen) atoms. The van der Waals surface area contributed by atoms with E-state index in [1.54, 1.807) is 0 Å². The van der Waals surface area contributed by atoms with E-state index in [4.69, 9.17) is 0 Å². The van der Waals surface area contributed by atoms with Gasteiger partial charge in [-0.3, -0.25) is 0 Å². The van der Waals surface area contributed by atoms with E-state index in [1.807, 2.05) is 37.3 Å². The van der Waals surface area contributed by atoms with Crippen LogP contribution in [0.2, 0.25) is 0 Å². The summed E-state index contributed by atoms with van der Waals surface area (Å²) in [5.41, 5.74) is 0.970. The summed E-state index contributed by atoms with van der Waals surface area (Å²) in [5, 5.41) is 28.8. The fourth-order valence-corrected chi connectivity index (χ4v) is 1.55. The van der Waals surface area contributed by atoms with Gasteiger partial charge in [0.15, 0.2) is 0 Å². The lowest BCUT2D eigenvalue weighted by atomic mass is 10.0. The summed E-state index contributed by atoms with van der Waals surface area (Å²) in [6.45, 7) is 1.83. The summed E-state index contributed by atoms with van der Waals surface area (Å²) in [7, 11) is 0. The van der Waals surface area contributed by atoms with Crippen molar-refractivity contribution >= 4 is 0 Å². The van der Waals surface area contributed by atoms with Crippen LogP contribution in [0, 0.1) is 23.7 Å². The second-order valence-corrected chi connectivity index (χ2v) is 4.52. The zero-order valence-corrected chi connectivity index (χ0v) is 11.6. The number of aliphatic hydroxyl groups is 3. The lowest BCUT2D eigenvalue weighted by Crippen LogP contribution is -2.27. The zero-order chi connectivity index (χ0) is 14.8. The lowest BCUT2D eigenvalue weighted by molar-refractivity contribution is 0.0235. The van der Waals surface area contributed by atoms with Crippen LogP contribution in [0.1, 0.15) is 25.3 Å². The highest BCUT2D eigenvalue weighted by Gasteiger charge is 2.15. The van der Waals surface area contributed by atoms with Crippen molar-refractivity contribution in [3.8, 4) is 23.7 Å². The first-order valence-corrected chi connectivity index (χ1v) is 6.70. The van der Waals surface area contributed by atoms with Crippen molar-refractivity contribution in [2.24, 2.45) is 0 Å². The van der Waals surface area contributed by atoms with Crippen LogP contribution in [0.5, 0.6) is 0 Å². The molecule has 3 nitrogen and oxygen atoms in total. The Labute approximate surface area is 120 Å². The van der Waals surface area contributed by atoms with Crippen molar-refractivity contribution in [2.45, 2.75) is 44.5 Å². The predicted octanol–water partition coefficient (Wildman–Crippen LogP) is 1.12. The molecule has 1 aromatic rings. The molecular formula is C17H20O3. The number of hydrogen-bond acceptors (Lipinski definition) is 3. The SMILES string of the molecule is CCC(O)C#CC#CCC(O)C(O)Cc1ccccc1. The van der Waals surface area contributed by atoms with Crippen molar-refractivity contribution < 1.29 is 15.3 Å². The van der Waals surface area contributed by atoms with Gasteiger partial charge in [-0.15, -0.1) is 0 Å². The van der Waals surface area contributed by atoms with Crippen molar-refractivity contribution in [1.29, 1.82) is 0 Å². The van der Waals surface area contributed by atoms with Gasteiger partial charge in [0.25, 0.3) is 0 Å². The summed E-state index contributed by atoms with van der Waals surface area (Å²) in [6, 6.07) is 9.49. The molecule has 0 saturated carbocycles. The van der Waals surface area contributed by atoms with Gasteiger partial charge < -0.3 is 15.3 Å². The molecule has 0 saturated heterocycles. The number of benzene rings is 1. The summed E-state index contributed by atoms with van der Waals surface area (Å²) in [4.78, 5) is 0. The van der Waals surface area contributed by atoms with E-state index < -0.39 is 18.3 Å². The van der Waals surface area contributed by atoms with Crippen LogP contribution in [-0.4, -0.2) is 33.6 Å². The van der Waals surface area contributed by atoms with Gasteiger partial charge in [0.05, 0.1) is 12.2 Å². The highest BCUT2D eigenvalue weighted by molar-refractivity contribution is 5.27. The van der Waals surface area contributed by atoms with Crippen LogP contribution in [0.25, 0.3) is 0 Å². The highest BCUT2D eigenvalue weighted by Crippen LogP contribution is 2.07. The Morgan fingerprint density at radius 3 is 2.35 bits per heavy atom. The Morgan fingerprint density at radius 2 is 1.70 bits per heavy atom. The van der Waals surface area contributed by atoms with Gasteiger partial charge in [-0.2, -0.15) is 0 Å². The van der Waals surface area contributed by atoms with Crippen molar-refractivity contribution in [3.63, 3.8) is 0 Å². The molecule has 3 unspecified atom stereocenters. The third-order valence-corrected chi connectivity index (χ3v) is 2.82. The maximum atomic E-state index is 9.86. The number of rotatable bonds is 5. The molecule has 0 aromatic heterocycles. The quantitative estimate of drug-likeness (QED) is 0.704. The molecule has 0 amide bonds. The van der Waals surface area contributed by atoms with Crippen molar-refractivity contribution in [3.05, 3.63) is 35.9 Å². The Balaban J connectivity index is 2.40. The second-order valence-electron chi connectivity index (χ2n) is 4.52. The van der Waals surface area contributed by atoms with Crippen LogP contribution < -0.4 is 0 Å². The molecule has 0 bridgehead atoms.